The van der Waals surface area contributed by atoms with Crippen LogP contribution < -0.4 is 5.32 Å². The molecule has 1 amide bonds. The summed E-state index contributed by atoms with van der Waals surface area (Å²) < 4.78 is 0. The van der Waals surface area contributed by atoms with E-state index in [1.54, 1.807) is 6.92 Å². The molecule has 0 aliphatic carbocycles. The van der Waals surface area contributed by atoms with Gasteiger partial charge in [0, 0.05) is 13.0 Å². The Hall–Kier alpha value is -1.83. The van der Waals surface area contributed by atoms with Crippen LogP contribution in [0.1, 0.15) is 19.4 Å². The number of benzene rings is 2. The van der Waals surface area contributed by atoms with E-state index in [1.165, 1.54) is 16.3 Å². The summed E-state index contributed by atoms with van der Waals surface area (Å²) in [5.41, 5.74) is 1.25. The lowest BCUT2D eigenvalue weighted by Crippen LogP contribution is -2.31. The Kier molecular flexibility index (Phi) is 3.43. The van der Waals surface area contributed by atoms with E-state index < -0.39 is 0 Å². The third-order valence-corrected chi connectivity index (χ3v) is 2.81. The number of nitrogens with one attached hydrogen (secondary N) is 1. The second kappa shape index (κ2) is 5.00. The molecule has 0 spiro atoms. The van der Waals surface area contributed by atoms with Gasteiger partial charge in [0.15, 0.2) is 0 Å². The molecule has 0 saturated heterocycles. The van der Waals surface area contributed by atoms with E-state index in [1.807, 2.05) is 19.1 Å². The van der Waals surface area contributed by atoms with Crippen LogP contribution in [0.4, 0.5) is 0 Å². The standard InChI is InChI=1S/C15H17NO/c1-11(16-12(2)17)9-13-7-8-14-5-3-4-6-15(14)10-13/h3-8,10-11H,9H2,1-2H3,(H,16,17)/t11-/m0/s1. The van der Waals surface area contributed by atoms with Crippen molar-refractivity contribution >= 4 is 16.7 Å². The zero-order valence-electron chi connectivity index (χ0n) is 10.2. The molecule has 2 rings (SSSR count). The van der Waals surface area contributed by atoms with E-state index in [9.17, 15) is 4.79 Å². The number of hydrogen-bond acceptors (Lipinski definition) is 1. The van der Waals surface area contributed by atoms with Gasteiger partial charge in [0.1, 0.15) is 0 Å². The molecule has 0 heterocycles. The molecule has 2 heteroatoms. The Morgan fingerprint density at radius 1 is 1.18 bits per heavy atom. The number of fused-ring (bicyclic) bond motifs is 1. The summed E-state index contributed by atoms with van der Waals surface area (Å²) >= 11 is 0. The Balaban J connectivity index is 2.16. The first-order valence-corrected chi connectivity index (χ1v) is 5.90. The molecule has 2 aromatic rings. The van der Waals surface area contributed by atoms with Crippen molar-refractivity contribution in [2.24, 2.45) is 0 Å². The molecule has 0 aliphatic heterocycles. The van der Waals surface area contributed by atoms with Crippen LogP contribution in [0.15, 0.2) is 42.5 Å². The minimum atomic E-state index is 0.0262. The number of amides is 1. The third-order valence-electron chi connectivity index (χ3n) is 2.81. The van der Waals surface area contributed by atoms with Crippen molar-refractivity contribution in [2.75, 3.05) is 0 Å². The molecule has 0 fully saturated rings. The molecule has 2 nitrogen and oxygen atoms in total. The fourth-order valence-corrected chi connectivity index (χ4v) is 2.12. The minimum Gasteiger partial charge on any atom is -0.354 e. The molecule has 0 saturated carbocycles. The van der Waals surface area contributed by atoms with Crippen LogP contribution in [0.25, 0.3) is 10.8 Å². The maximum Gasteiger partial charge on any atom is 0.217 e. The van der Waals surface area contributed by atoms with E-state index >= 15 is 0 Å². The van der Waals surface area contributed by atoms with Crippen molar-refractivity contribution in [3.63, 3.8) is 0 Å². The molecule has 0 radical (unpaired) electrons. The van der Waals surface area contributed by atoms with Gasteiger partial charge in [-0.05, 0) is 29.7 Å². The van der Waals surface area contributed by atoms with E-state index in [-0.39, 0.29) is 11.9 Å². The average molecular weight is 227 g/mol. The second-order valence-electron chi connectivity index (χ2n) is 4.49. The molecule has 0 aliphatic rings. The first-order valence-electron chi connectivity index (χ1n) is 5.90. The molecule has 0 aromatic heterocycles. The fourth-order valence-electron chi connectivity index (χ4n) is 2.12. The highest BCUT2D eigenvalue weighted by Crippen LogP contribution is 2.16. The maximum atomic E-state index is 10.9. The van der Waals surface area contributed by atoms with Gasteiger partial charge in [-0.15, -0.1) is 0 Å². The Morgan fingerprint density at radius 2 is 1.88 bits per heavy atom. The van der Waals surface area contributed by atoms with Crippen LogP contribution in [-0.2, 0) is 11.2 Å². The predicted molar refractivity (Wildman–Crippen MR) is 70.9 cm³/mol. The zero-order valence-corrected chi connectivity index (χ0v) is 10.2. The lowest BCUT2D eigenvalue weighted by Gasteiger charge is -2.12. The van der Waals surface area contributed by atoms with Crippen LogP contribution in [0.2, 0.25) is 0 Å². The lowest BCUT2D eigenvalue weighted by atomic mass is 10.0. The van der Waals surface area contributed by atoms with Gasteiger partial charge in [-0.3, -0.25) is 4.79 Å². The number of carbonyl (C=O) groups is 1. The van der Waals surface area contributed by atoms with Crippen LogP contribution in [-0.4, -0.2) is 11.9 Å². The molecular weight excluding hydrogens is 210 g/mol. The van der Waals surface area contributed by atoms with Gasteiger partial charge in [-0.1, -0.05) is 42.5 Å². The number of rotatable bonds is 3. The van der Waals surface area contributed by atoms with Gasteiger partial charge in [-0.2, -0.15) is 0 Å². The first kappa shape index (κ1) is 11.6. The van der Waals surface area contributed by atoms with E-state index in [0.717, 1.165) is 6.42 Å². The van der Waals surface area contributed by atoms with Crippen LogP contribution in [0, 0.1) is 0 Å². The quantitative estimate of drug-likeness (QED) is 0.858. The van der Waals surface area contributed by atoms with Crippen molar-refractivity contribution in [1.82, 2.24) is 5.32 Å². The van der Waals surface area contributed by atoms with Gasteiger partial charge in [-0.25, -0.2) is 0 Å². The summed E-state index contributed by atoms with van der Waals surface area (Å²) in [5.74, 6) is 0.0262. The van der Waals surface area contributed by atoms with Gasteiger partial charge in [0.05, 0.1) is 0 Å². The largest absolute Gasteiger partial charge is 0.354 e. The smallest absolute Gasteiger partial charge is 0.217 e. The topological polar surface area (TPSA) is 29.1 Å². The van der Waals surface area contributed by atoms with Gasteiger partial charge in [0.25, 0.3) is 0 Å². The van der Waals surface area contributed by atoms with Gasteiger partial charge >= 0.3 is 0 Å². The highest BCUT2D eigenvalue weighted by molar-refractivity contribution is 5.83. The van der Waals surface area contributed by atoms with E-state index in [4.69, 9.17) is 0 Å². The first-order chi connectivity index (χ1) is 8.15. The van der Waals surface area contributed by atoms with E-state index in [0.29, 0.717) is 0 Å². The SMILES string of the molecule is CC(=O)N[C@@H](C)Cc1ccc2ccccc2c1. The van der Waals surface area contributed by atoms with Crippen molar-refractivity contribution in [2.45, 2.75) is 26.3 Å². The second-order valence-corrected chi connectivity index (χ2v) is 4.49. The van der Waals surface area contributed by atoms with Crippen molar-refractivity contribution in [3.8, 4) is 0 Å². The van der Waals surface area contributed by atoms with Crippen LogP contribution in [0.5, 0.6) is 0 Å². The van der Waals surface area contributed by atoms with E-state index in [2.05, 4.69) is 35.6 Å². The Bertz CT molecular complexity index is 533. The van der Waals surface area contributed by atoms with Crippen molar-refractivity contribution in [1.29, 1.82) is 0 Å². The monoisotopic (exact) mass is 227 g/mol. The highest BCUT2D eigenvalue weighted by atomic mass is 16.1. The molecule has 2 aromatic carbocycles. The highest BCUT2D eigenvalue weighted by Gasteiger charge is 2.05. The predicted octanol–water partition coefficient (Wildman–Crippen LogP) is 2.91. The molecule has 17 heavy (non-hydrogen) atoms. The van der Waals surface area contributed by atoms with Gasteiger partial charge in [0.2, 0.25) is 5.91 Å². The minimum absolute atomic E-state index is 0.0262. The molecule has 1 atom stereocenters. The van der Waals surface area contributed by atoms with Crippen molar-refractivity contribution in [3.05, 3.63) is 48.0 Å². The van der Waals surface area contributed by atoms with Crippen LogP contribution in [0.3, 0.4) is 0 Å². The number of hydrogen-bond donors (Lipinski definition) is 1. The zero-order chi connectivity index (χ0) is 12.3. The molecule has 1 N–H and O–H groups in total. The summed E-state index contributed by atoms with van der Waals surface area (Å²) in [6, 6.07) is 14.9. The third kappa shape index (κ3) is 3.06. The maximum absolute atomic E-state index is 10.9. The normalized spacial score (nSPS) is 12.4. The molecule has 88 valence electrons. The van der Waals surface area contributed by atoms with Crippen molar-refractivity contribution < 1.29 is 4.79 Å². The summed E-state index contributed by atoms with van der Waals surface area (Å²) in [7, 11) is 0. The molecular formula is C15H17NO. The molecule has 0 bridgehead atoms. The lowest BCUT2D eigenvalue weighted by molar-refractivity contribution is -0.119. The van der Waals surface area contributed by atoms with Gasteiger partial charge < -0.3 is 5.32 Å². The summed E-state index contributed by atoms with van der Waals surface area (Å²) in [5, 5.41) is 5.40. The summed E-state index contributed by atoms with van der Waals surface area (Å²) in [6.45, 7) is 3.58. The fraction of sp³-hybridized carbons (Fsp3) is 0.267. The summed E-state index contributed by atoms with van der Waals surface area (Å²) in [6.07, 6.45) is 0.865. The van der Waals surface area contributed by atoms with Crippen LogP contribution >= 0.6 is 0 Å². The summed E-state index contributed by atoms with van der Waals surface area (Å²) in [4.78, 5) is 10.9. The number of carbonyl (C=O) groups excluding carboxylic acids is 1. The Labute approximate surface area is 102 Å². The average Bonchev–Trinajstić information content (AvgIpc) is 2.27. The molecule has 0 unspecified atom stereocenters. The Morgan fingerprint density at radius 3 is 2.59 bits per heavy atom.